The first kappa shape index (κ1) is 13.2. The van der Waals surface area contributed by atoms with Gasteiger partial charge < -0.3 is 15.8 Å². The fourth-order valence-corrected chi connectivity index (χ4v) is 2.76. The van der Waals surface area contributed by atoms with Gasteiger partial charge in [-0.05, 0) is 62.2 Å². The minimum atomic E-state index is 0.744. The molecule has 94 valence electrons. The largest absolute Gasteiger partial charge is 0.495 e. The molecule has 0 bridgehead atoms. The molecule has 3 N–H and O–H groups in total. The van der Waals surface area contributed by atoms with Crippen LogP contribution in [0.5, 0.6) is 5.75 Å². The van der Waals surface area contributed by atoms with E-state index in [1.165, 1.54) is 0 Å². The first-order chi connectivity index (χ1) is 8.60. The van der Waals surface area contributed by atoms with E-state index in [1.807, 2.05) is 36.4 Å². The Morgan fingerprint density at radius 1 is 1.06 bits per heavy atom. The predicted molar refractivity (Wildman–Crippen MR) is 82.5 cm³/mol. The number of ether oxygens (including phenoxy) is 1. The summed E-state index contributed by atoms with van der Waals surface area (Å²) in [5.74, 6) is 0.774. The van der Waals surface area contributed by atoms with Crippen molar-refractivity contribution in [1.82, 2.24) is 0 Å². The van der Waals surface area contributed by atoms with Gasteiger partial charge in [-0.25, -0.2) is 0 Å². The van der Waals surface area contributed by atoms with E-state index in [1.54, 1.807) is 7.11 Å². The number of anilines is 3. The summed E-state index contributed by atoms with van der Waals surface area (Å²) >= 11 is 6.95. The van der Waals surface area contributed by atoms with E-state index in [9.17, 15) is 0 Å². The highest BCUT2D eigenvalue weighted by Crippen LogP contribution is 2.35. The smallest absolute Gasteiger partial charge is 0.135 e. The van der Waals surface area contributed by atoms with Gasteiger partial charge in [-0.3, -0.25) is 0 Å². The van der Waals surface area contributed by atoms with Crippen LogP contribution in [0.1, 0.15) is 0 Å². The zero-order chi connectivity index (χ0) is 13.1. The van der Waals surface area contributed by atoms with Crippen molar-refractivity contribution < 1.29 is 4.74 Å². The zero-order valence-corrected chi connectivity index (χ0v) is 12.9. The summed E-state index contributed by atoms with van der Waals surface area (Å²) < 4.78 is 7.12. The molecular weight excluding hydrogens is 360 g/mol. The lowest BCUT2D eigenvalue weighted by molar-refractivity contribution is 0.412. The summed E-state index contributed by atoms with van der Waals surface area (Å²) in [5, 5.41) is 3.30. The first-order valence-electron chi connectivity index (χ1n) is 5.26. The Bertz CT molecular complexity index is 556. The summed E-state index contributed by atoms with van der Waals surface area (Å²) in [5.41, 5.74) is 8.29. The van der Waals surface area contributed by atoms with Gasteiger partial charge in [0.05, 0.1) is 17.3 Å². The van der Waals surface area contributed by atoms with E-state index in [0.29, 0.717) is 0 Å². The predicted octanol–water partition coefficient (Wildman–Crippen LogP) is 4.55. The molecule has 0 radical (unpaired) electrons. The molecule has 0 aromatic heterocycles. The Morgan fingerprint density at radius 3 is 2.33 bits per heavy atom. The second-order valence-corrected chi connectivity index (χ2v) is 5.42. The molecule has 5 heteroatoms. The molecule has 0 unspecified atom stereocenters. The summed E-state index contributed by atoms with van der Waals surface area (Å²) in [6, 6.07) is 11.4. The highest BCUT2D eigenvalue weighted by molar-refractivity contribution is 9.11. The SMILES string of the molecule is COc1cc(Nc2ccc(N)cc2)c(Br)cc1Br. The van der Waals surface area contributed by atoms with E-state index in [4.69, 9.17) is 10.5 Å². The minimum Gasteiger partial charge on any atom is -0.495 e. The Balaban J connectivity index is 2.31. The van der Waals surface area contributed by atoms with E-state index in [-0.39, 0.29) is 0 Å². The number of methoxy groups -OCH3 is 1. The number of nitrogen functional groups attached to an aromatic ring is 1. The van der Waals surface area contributed by atoms with E-state index >= 15 is 0 Å². The number of hydrogen-bond acceptors (Lipinski definition) is 3. The van der Waals surface area contributed by atoms with Crippen molar-refractivity contribution >= 4 is 48.9 Å². The van der Waals surface area contributed by atoms with Gasteiger partial charge in [0.2, 0.25) is 0 Å². The molecule has 0 heterocycles. The monoisotopic (exact) mass is 370 g/mol. The van der Waals surface area contributed by atoms with Crippen molar-refractivity contribution in [2.75, 3.05) is 18.2 Å². The van der Waals surface area contributed by atoms with Crippen molar-refractivity contribution in [2.24, 2.45) is 0 Å². The summed E-state index contributed by atoms with van der Waals surface area (Å²) in [7, 11) is 1.64. The average molecular weight is 372 g/mol. The lowest BCUT2D eigenvalue weighted by atomic mass is 10.2. The summed E-state index contributed by atoms with van der Waals surface area (Å²) in [6.45, 7) is 0. The molecule has 2 aromatic carbocycles. The van der Waals surface area contributed by atoms with Crippen LogP contribution < -0.4 is 15.8 Å². The Kier molecular flexibility index (Phi) is 4.14. The summed E-state index contributed by atoms with van der Waals surface area (Å²) in [6.07, 6.45) is 0. The lowest BCUT2D eigenvalue weighted by Gasteiger charge is -2.12. The van der Waals surface area contributed by atoms with Crippen LogP contribution in [0.4, 0.5) is 17.1 Å². The van der Waals surface area contributed by atoms with Crippen LogP contribution in [0.15, 0.2) is 45.3 Å². The average Bonchev–Trinajstić information content (AvgIpc) is 2.35. The highest BCUT2D eigenvalue weighted by Gasteiger charge is 2.07. The normalized spacial score (nSPS) is 10.2. The van der Waals surface area contributed by atoms with Crippen molar-refractivity contribution in [2.45, 2.75) is 0 Å². The number of hydrogen-bond donors (Lipinski definition) is 2. The minimum absolute atomic E-state index is 0.744. The zero-order valence-electron chi connectivity index (χ0n) is 9.71. The van der Waals surface area contributed by atoms with E-state index in [0.717, 1.165) is 31.8 Å². The van der Waals surface area contributed by atoms with Crippen LogP contribution in [0, 0.1) is 0 Å². The van der Waals surface area contributed by atoms with Gasteiger partial charge in [0, 0.05) is 21.9 Å². The van der Waals surface area contributed by atoms with Crippen LogP contribution in [-0.2, 0) is 0 Å². The molecule has 0 saturated heterocycles. The highest BCUT2D eigenvalue weighted by atomic mass is 79.9. The van der Waals surface area contributed by atoms with Crippen molar-refractivity contribution in [3.63, 3.8) is 0 Å². The van der Waals surface area contributed by atoms with Gasteiger partial charge in [-0.15, -0.1) is 0 Å². The standard InChI is InChI=1S/C13H12Br2N2O/c1-18-13-7-12(10(14)6-11(13)15)17-9-4-2-8(16)3-5-9/h2-7,17H,16H2,1H3. The Labute approximate surface area is 123 Å². The first-order valence-corrected chi connectivity index (χ1v) is 6.84. The molecule has 0 aliphatic heterocycles. The molecule has 0 aliphatic rings. The number of rotatable bonds is 3. The number of nitrogens with two attached hydrogens (primary N) is 1. The molecule has 0 aliphatic carbocycles. The fraction of sp³-hybridized carbons (Fsp3) is 0.0769. The van der Waals surface area contributed by atoms with Gasteiger partial charge in [-0.2, -0.15) is 0 Å². The lowest BCUT2D eigenvalue weighted by Crippen LogP contribution is -1.94. The second kappa shape index (κ2) is 5.63. The Morgan fingerprint density at radius 2 is 1.72 bits per heavy atom. The number of nitrogens with one attached hydrogen (secondary N) is 1. The molecule has 0 spiro atoms. The quantitative estimate of drug-likeness (QED) is 0.778. The van der Waals surface area contributed by atoms with Crippen LogP contribution in [0.2, 0.25) is 0 Å². The fourth-order valence-electron chi connectivity index (χ4n) is 1.50. The van der Waals surface area contributed by atoms with Crippen LogP contribution in [-0.4, -0.2) is 7.11 Å². The molecule has 0 amide bonds. The molecule has 0 fully saturated rings. The maximum Gasteiger partial charge on any atom is 0.135 e. The summed E-state index contributed by atoms with van der Waals surface area (Å²) in [4.78, 5) is 0. The van der Waals surface area contributed by atoms with Crippen molar-refractivity contribution in [1.29, 1.82) is 0 Å². The van der Waals surface area contributed by atoms with E-state index in [2.05, 4.69) is 37.2 Å². The van der Waals surface area contributed by atoms with Crippen LogP contribution in [0.3, 0.4) is 0 Å². The van der Waals surface area contributed by atoms with Crippen LogP contribution >= 0.6 is 31.9 Å². The van der Waals surface area contributed by atoms with Gasteiger partial charge in [-0.1, -0.05) is 0 Å². The van der Waals surface area contributed by atoms with Gasteiger partial charge in [0.15, 0.2) is 0 Å². The van der Waals surface area contributed by atoms with Gasteiger partial charge in [0.1, 0.15) is 5.75 Å². The van der Waals surface area contributed by atoms with Gasteiger partial charge in [0.25, 0.3) is 0 Å². The third-order valence-corrected chi connectivity index (χ3v) is 3.71. The topological polar surface area (TPSA) is 47.3 Å². The third kappa shape index (κ3) is 2.97. The maximum atomic E-state index is 5.65. The molecule has 2 rings (SSSR count). The third-order valence-electron chi connectivity index (χ3n) is 2.43. The number of halogens is 2. The van der Waals surface area contributed by atoms with Crippen molar-refractivity contribution in [3.8, 4) is 5.75 Å². The van der Waals surface area contributed by atoms with Crippen LogP contribution in [0.25, 0.3) is 0 Å². The van der Waals surface area contributed by atoms with E-state index < -0.39 is 0 Å². The maximum absolute atomic E-state index is 5.65. The molecular formula is C13H12Br2N2O. The molecule has 0 saturated carbocycles. The second-order valence-electron chi connectivity index (χ2n) is 3.71. The van der Waals surface area contributed by atoms with Crippen molar-refractivity contribution in [3.05, 3.63) is 45.3 Å². The molecule has 2 aromatic rings. The molecule has 18 heavy (non-hydrogen) atoms. The van der Waals surface area contributed by atoms with Gasteiger partial charge >= 0.3 is 0 Å². The number of benzene rings is 2. The molecule has 0 atom stereocenters. The Hall–Kier alpha value is -1.20. The molecule has 3 nitrogen and oxygen atoms in total.